The fourth-order valence-electron chi connectivity index (χ4n) is 3.76. The number of halogens is 1. The Balaban J connectivity index is 1.43. The van der Waals surface area contributed by atoms with Crippen molar-refractivity contribution in [3.05, 3.63) is 65.0 Å². The van der Waals surface area contributed by atoms with E-state index in [0.29, 0.717) is 53.8 Å². The molecule has 10 heteroatoms. The van der Waals surface area contributed by atoms with Crippen LogP contribution in [0.1, 0.15) is 48.9 Å². The zero-order valence-corrected chi connectivity index (χ0v) is 19.9. The Morgan fingerprint density at radius 2 is 1.85 bits per heavy atom. The normalized spacial score (nSPS) is 15.6. The van der Waals surface area contributed by atoms with Gasteiger partial charge in [-0.25, -0.2) is 8.42 Å². The lowest BCUT2D eigenvalue weighted by atomic mass is 9.98. The number of rotatable bonds is 6. The first-order valence-electron chi connectivity index (χ1n) is 10.7. The number of carbonyl (C=O) groups is 1. The maximum atomic E-state index is 12.9. The summed E-state index contributed by atoms with van der Waals surface area (Å²) in [5.74, 6) is 0.686. The Morgan fingerprint density at radius 3 is 2.52 bits per heavy atom. The quantitative estimate of drug-likeness (QED) is 0.560. The van der Waals surface area contributed by atoms with Crippen molar-refractivity contribution < 1.29 is 17.7 Å². The molecule has 0 unspecified atom stereocenters. The maximum absolute atomic E-state index is 12.9. The molecule has 1 amide bonds. The highest BCUT2D eigenvalue weighted by Gasteiger charge is 2.32. The van der Waals surface area contributed by atoms with Crippen molar-refractivity contribution in [2.75, 3.05) is 13.1 Å². The van der Waals surface area contributed by atoms with Gasteiger partial charge in [0, 0.05) is 41.2 Å². The third-order valence-electron chi connectivity index (χ3n) is 5.50. The summed E-state index contributed by atoms with van der Waals surface area (Å²) >= 11 is 5.87. The van der Waals surface area contributed by atoms with Crippen LogP contribution in [0.15, 0.2) is 57.9 Å². The SMILES string of the molecule is CC(C)NC(=O)c1cccc(-c2noc(C3CCN(S(=O)(=O)c4ccc(Cl)cc4)CC3)n2)c1. The van der Waals surface area contributed by atoms with Crippen LogP contribution in [0.3, 0.4) is 0 Å². The Kier molecular flexibility index (Phi) is 6.83. The Bertz CT molecular complexity index is 1230. The molecule has 0 spiro atoms. The second-order valence-electron chi connectivity index (χ2n) is 8.30. The molecule has 0 radical (unpaired) electrons. The Morgan fingerprint density at radius 1 is 1.15 bits per heavy atom. The van der Waals surface area contributed by atoms with E-state index in [4.69, 9.17) is 16.1 Å². The molecule has 3 aromatic rings. The molecule has 0 saturated carbocycles. The minimum Gasteiger partial charge on any atom is -0.350 e. The molecule has 2 heterocycles. The van der Waals surface area contributed by atoms with Crippen molar-refractivity contribution in [2.24, 2.45) is 0 Å². The van der Waals surface area contributed by atoms with Crippen LogP contribution in [0.5, 0.6) is 0 Å². The summed E-state index contributed by atoms with van der Waals surface area (Å²) in [6.45, 7) is 4.52. The topological polar surface area (TPSA) is 105 Å². The van der Waals surface area contributed by atoms with Crippen molar-refractivity contribution in [1.29, 1.82) is 0 Å². The highest BCUT2D eigenvalue weighted by Crippen LogP contribution is 2.31. The first kappa shape index (κ1) is 23.4. The average Bonchev–Trinajstić information content (AvgIpc) is 3.29. The molecule has 1 saturated heterocycles. The Hall–Kier alpha value is -2.75. The Labute approximate surface area is 198 Å². The van der Waals surface area contributed by atoms with Gasteiger partial charge in [0.05, 0.1) is 4.90 Å². The van der Waals surface area contributed by atoms with E-state index in [-0.39, 0.29) is 22.8 Å². The van der Waals surface area contributed by atoms with Crippen molar-refractivity contribution >= 4 is 27.5 Å². The molecular weight excluding hydrogens is 464 g/mol. The lowest BCUT2D eigenvalue weighted by molar-refractivity contribution is 0.0943. The molecule has 1 aliphatic rings. The lowest BCUT2D eigenvalue weighted by Gasteiger charge is -2.29. The van der Waals surface area contributed by atoms with Gasteiger partial charge in [-0.05, 0) is 63.1 Å². The molecule has 2 aromatic carbocycles. The van der Waals surface area contributed by atoms with Gasteiger partial charge >= 0.3 is 0 Å². The van der Waals surface area contributed by atoms with Gasteiger partial charge in [0.1, 0.15) is 0 Å². The van der Waals surface area contributed by atoms with E-state index in [1.54, 1.807) is 30.3 Å². The number of sulfonamides is 1. The molecule has 1 fully saturated rings. The van der Waals surface area contributed by atoms with Crippen LogP contribution in [-0.4, -0.2) is 47.9 Å². The van der Waals surface area contributed by atoms with E-state index in [1.807, 2.05) is 19.9 Å². The van der Waals surface area contributed by atoms with E-state index in [2.05, 4.69) is 15.5 Å². The van der Waals surface area contributed by atoms with Crippen LogP contribution in [-0.2, 0) is 10.0 Å². The zero-order chi connectivity index (χ0) is 23.6. The van der Waals surface area contributed by atoms with E-state index in [9.17, 15) is 13.2 Å². The van der Waals surface area contributed by atoms with Gasteiger partial charge in [0.2, 0.25) is 21.7 Å². The van der Waals surface area contributed by atoms with Gasteiger partial charge in [-0.2, -0.15) is 9.29 Å². The standard InChI is InChI=1S/C23H25ClN4O4S/c1-15(2)25-22(29)18-5-3-4-17(14-18)21-26-23(32-27-21)16-10-12-28(13-11-16)33(30,31)20-8-6-19(24)7-9-20/h3-9,14-16H,10-13H2,1-2H3,(H,25,29). The van der Waals surface area contributed by atoms with E-state index >= 15 is 0 Å². The molecule has 0 atom stereocenters. The number of nitrogens with one attached hydrogen (secondary N) is 1. The predicted octanol–water partition coefficient (Wildman–Crippen LogP) is 4.10. The zero-order valence-electron chi connectivity index (χ0n) is 18.4. The lowest BCUT2D eigenvalue weighted by Crippen LogP contribution is -2.37. The summed E-state index contributed by atoms with van der Waals surface area (Å²) in [6, 6.07) is 13.3. The molecule has 0 aliphatic carbocycles. The van der Waals surface area contributed by atoms with Crippen LogP contribution in [0.4, 0.5) is 0 Å². The van der Waals surface area contributed by atoms with Crippen LogP contribution < -0.4 is 5.32 Å². The van der Waals surface area contributed by atoms with Gasteiger partial charge in [-0.3, -0.25) is 4.79 Å². The number of hydrogen-bond acceptors (Lipinski definition) is 6. The van der Waals surface area contributed by atoms with Gasteiger partial charge in [0.15, 0.2) is 0 Å². The van der Waals surface area contributed by atoms with Crippen LogP contribution in [0, 0.1) is 0 Å². The highest BCUT2D eigenvalue weighted by atomic mass is 35.5. The van der Waals surface area contributed by atoms with Crippen molar-refractivity contribution in [1.82, 2.24) is 19.8 Å². The van der Waals surface area contributed by atoms with Crippen molar-refractivity contribution in [3.63, 3.8) is 0 Å². The second-order valence-corrected chi connectivity index (χ2v) is 10.7. The molecule has 33 heavy (non-hydrogen) atoms. The largest absolute Gasteiger partial charge is 0.350 e. The van der Waals surface area contributed by atoms with Gasteiger partial charge in [-0.15, -0.1) is 0 Å². The number of amides is 1. The summed E-state index contributed by atoms with van der Waals surface area (Å²) < 4.78 is 32.7. The molecular formula is C23H25ClN4O4S. The number of aromatic nitrogens is 2. The minimum absolute atomic E-state index is 0.0321. The summed E-state index contributed by atoms with van der Waals surface area (Å²) in [5, 5.41) is 7.44. The van der Waals surface area contributed by atoms with Gasteiger partial charge < -0.3 is 9.84 Å². The van der Waals surface area contributed by atoms with Gasteiger partial charge in [0.25, 0.3) is 5.91 Å². The summed E-state index contributed by atoms with van der Waals surface area (Å²) in [4.78, 5) is 17.0. The van der Waals surface area contributed by atoms with Crippen LogP contribution >= 0.6 is 11.6 Å². The third-order valence-corrected chi connectivity index (χ3v) is 7.66. The van der Waals surface area contributed by atoms with Crippen LogP contribution in [0.25, 0.3) is 11.4 Å². The summed E-state index contributed by atoms with van der Waals surface area (Å²) in [5.41, 5.74) is 1.21. The summed E-state index contributed by atoms with van der Waals surface area (Å²) in [7, 11) is -3.57. The molecule has 1 aromatic heterocycles. The first-order chi connectivity index (χ1) is 15.7. The van der Waals surface area contributed by atoms with Crippen molar-refractivity contribution in [2.45, 2.75) is 43.5 Å². The minimum atomic E-state index is -3.57. The van der Waals surface area contributed by atoms with E-state index in [1.165, 1.54) is 16.4 Å². The summed E-state index contributed by atoms with van der Waals surface area (Å²) in [6.07, 6.45) is 1.15. The monoisotopic (exact) mass is 488 g/mol. The molecule has 174 valence electrons. The number of benzene rings is 2. The molecule has 1 N–H and O–H groups in total. The molecule has 1 aliphatic heterocycles. The average molecular weight is 489 g/mol. The van der Waals surface area contributed by atoms with Crippen molar-refractivity contribution in [3.8, 4) is 11.4 Å². The fraction of sp³-hybridized carbons (Fsp3) is 0.348. The highest BCUT2D eigenvalue weighted by molar-refractivity contribution is 7.89. The third kappa shape index (κ3) is 5.26. The van der Waals surface area contributed by atoms with E-state index in [0.717, 1.165) is 0 Å². The smallest absolute Gasteiger partial charge is 0.251 e. The van der Waals surface area contributed by atoms with E-state index < -0.39 is 10.0 Å². The number of hydrogen-bond donors (Lipinski definition) is 1. The fourth-order valence-corrected chi connectivity index (χ4v) is 5.36. The van der Waals surface area contributed by atoms with Crippen LogP contribution in [0.2, 0.25) is 5.02 Å². The first-order valence-corrected chi connectivity index (χ1v) is 12.6. The number of piperidine rings is 1. The molecule has 4 rings (SSSR count). The van der Waals surface area contributed by atoms with Gasteiger partial charge in [-0.1, -0.05) is 28.9 Å². The second kappa shape index (κ2) is 9.62. The number of carbonyl (C=O) groups excluding carboxylic acids is 1. The maximum Gasteiger partial charge on any atom is 0.251 e. The number of nitrogens with zero attached hydrogens (tertiary/aromatic N) is 3. The predicted molar refractivity (Wildman–Crippen MR) is 125 cm³/mol. The molecule has 0 bridgehead atoms. The molecule has 8 nitrogen and oxygen atoms in total.